The number of rotatable bonds is 9. The lowest BCUT2D eigenvalue weighted by Gasteiger charge is -2.05. The summed E-state index contributed by atoms with van der Waals surface area (Å²) in [6.07, 6.45) is 1.80. The van der Waals surface area contributed by atoms with Gasteiger partial charge >= 0.3 is 0 Å². The lowest BCUT2D eigenvalue weighted by molar-refractivity contribution is 0.199. The molecule has 0 radical (unpaired) electrons. The number of ether oxygens (including phenoxy) is 1. The van der Waals surface area contributed by atoms with E-state index in [0.29, 0.717) is 32.4 Å². The van der Waals surface area contributed by atoms with E-state index in [9.17, 15) is 8.42 Å². The van der Waals surface area contributed by atoms with Gasteiger partial charge in [-0.3, -0.25) is 0 Å². The third-order valence-electron chi connectivity index (χ3n) is 1.67. The molecule has 0 bridgehead atoms. The molecule has 0 aliphatic carbocycles. The van der Waals surface area contributed by atoms with Crippen LogP contribution in [0.1, 0.15) is 19.3 Å². The van der Waals surface area contributed by atoms with Crippen molar-refractivity contribution in [2.45, 2.75) is 19.3 Å². The highest BCUT2D eigenvalue weighted by Gasteiger charge is 2.07. The molecule has 0 saturated carbocycles. The molecule has 0 rings (SSSR count). The third-order valence-corrected chi connectivity index (χ3v) is 3.14. The van der Waals surface area contributed by atoms with Crippen LogP contribution in [-0.2, 0) is 14.8 Å². The molecule has 0 aliphatic rings. The molecule has 0 amide bonds. The number of unbranched alkanes of at least 4 members (excludes halogenated alkanes) is 1. The molecule has 0 heterocycles. The van der Waals surface area contributed by atoms with Gasteiger partial charge in [-0.2, -0.15) is 0 Å². The lowest BCUT2D eigenvalue weighted by Crippen LogP contribution is -2.27. The first kappa shape index (κ1) is 13.8. The smallest absolute Gasteiger partial charge is 0.211 e. The highest BCUT2D eigenvalue weighted by atomic mass is 32.2. The Hall–Kier alpha value is -0.170. The molecule has 0 aromatic carbocycles. The summed E-state index contributed by atoms with van der Waals surface area (Å²) in [5.74, 6) is 0.0972. The Morgan fingerprint density at radius 3 is 2.57 bits per heavy atom. The highest BCUT2D eigenvalue weighted by molar-refractivity contribution is 7.89. The Morgan fingerprint density at radius 2 is 2.00 bits per heavy atom. The van der Waals surface area contributed by atoms with Gasteiger partial charge in [0.1, 0.15) is 0 Å². The summed E-state index contributed by atoms with van der Waals surface area (Å²) in [5, 5.41) is 8.48. The molecular formula is C8H19NO4S. The number of methoxy groups -OCH3 is 1. The van der Waals surface area contributed by atoms with Gasteiger partial charge in [-0.05, 0) is 19.3 Å². The first-order valence-corrected chi connectivity index (χ1v) is 6.35. The van der Waals surface area contributed by atoms with Gasteiger partial charge in [0.15, 0.2) is 0 Å². The summed E-state index contributed by atoms with van der Waals surface area (Å²) in [5.41, 5.74) is 0. The Bertz CT molecular complexity index is 215. The van der Waals surface area contributed by atoms with Gasteiger partial charge in [0.2, 0.25) is 10.0 Å². The van der Waals surface area contributed by atoms with E-state index in [-0.39, 0.29) is 12.4 Å². The second-order valence-corrected chi connectivity index (χ2v) is 4.92. The van der Waals surface area contributed by atoms with E-state index in [0.717, 1.165) is 0 Å². The molecule has 0 unspecified atom stereocenters. The van der Waals surface area contributed by atoms with Crippen molar-refractivity contribution < 1.29 is 18.3 Å². The van der Waals surface area contributed by atoms with Crippen LogP contribution in [-0.4, -0.2) is 46.1 Å². The predicted molar refractivity (Wildman–Crippen MR) is 54.6 cm³/mol. The van der Waals surface area contributed by atoms with Crippen LogP contribution in [0.25, 0.3) is 0 Å². The van der Waals surface area contributed by atoms with Gasteiger partial charge < -0.3 is 9.84 Å². The molecule has 5 nitrogen and oxygen atoms in total. The number of aliphatic hydroxyl groups is 1. The van der Waals surface area contributed by atoms with Gasteiger partial charge in [-0.15, -0.1) is 0 Å². The standard InChI is InChI=1S/C8H19NO4S/c1-13-7-4-8-14(11,12)9-5-2-3-6-10/h9-10H,2-8H2,1H3. The average Bonchev–Trinajstić information content (AvgIpc) is 2.13. The Morgan fingerprint density at radius 1 is 1.29 bits per heavy atom. The van der Waals surface area contributed by atoms with E-state index >= 15 is 0 Å². The Balaban J connectivity index is 3.52. The SMILES string of the molecule is COCCCS(=O)(=O)NCCCCO. The quantitative estimate of drug-likeness (QED) is 0.529. The minimum atomic E-state index is -3.15. The van der Waals surface area contributed by atoms with Gasteiger partial charge in [0.25, 0.3) is 0 Å². The highest BCUT2D eigenvalue weighted by Crippen LogP contribution is 1.92. The first-order chi connectivity index (χ1) is 6.62. The normalized spacial score (nSPS) is 11.9. The zero-order valence-electron chi connectivity index (χ0n) is 8.53. The van der Waals surface area contributed by atoms with E-state index in [1.165, 1.54) is 0 Å². The maximum Gasteiger partial charge on any atom is 0.211 e. The number of hydrogen-bond acceptors (Lipinski definition) is 4. The summed E-state index contributed by atoms with van der Waals surface area (Å²) >= 11 is 0. The van der Waals surface area contributed by atoms with Crippen molar-refractivity contribution in [1.29, 1.82) is 0 Å². The van der Waals surface area contributed by atoms with Crippen molar-refractivity contribution in [3.63, 3.8) is 0 Å². The van der Waals surface area contributed by atoms with E-state index in [4.69, 9.17) is 9.84 Å². The number of sulfonamides is 1. The van der Waals surface area contributed by atoms with Crippen LogP contribution >= 0.6 is 0 Å². The van der Waals surface area contributed by atoms with Gasteiger partial charge in [-0.1, -0.05) is 0 Å². The van der Waals surface area contributed by atoms with Gasteiger partial charge in [-0.25, -0.2) is 13.1 Å². The fourth-order valence-corrected chi connectivity index (χ4v) is 2.03. The third kappa shape index (κ3) is 8.43. The maximum absolute atomic E-state index is 11.2. The Kier molecular flexibility index (Phi) is 8.07. The predicted octanol–water partition coefficient (Wildman–Crippen LogP) is -0.285. The van der Waals surface area contributed by atoms with Crippen molar-refractivity contribution >= 4 is 10.0 Å². The minimum Gasteiger partial charge on any atom is -0.396 e. The second-order valence-electron chi connectivity index (χ2n) is 2.99. The van der Waals surface area contributed by atoms with Gasteiger partial charge in [0.05, 0.1) is 5.75 Å². The number of aliphatic hydroxyl groups excluding tert-OH is 1. The number of nitrogens with one attached hydrogen (secondary N) is 1. The first-order valence-electron chi connectivity index (χ1n) is 4.69. The fourth-order valence-electron chi connectivity index (χ4n) is 0.930. The van der Waals surface area contributed by atoms with E-state index in [2.05, 4.69) is 4.72 Å². The van der Waals surface area contributed by atoms with Crippen molar-refractivity contribution in [3.05, 3.63) is 0 Å². The average molecular weight is 225 g/mol. The van der Waals surface area contributed by atoms with Crippen LogP contribution in [0.15, 0.2) is 0 Å². The van der Waals surface area contributed by atoms with Crippen LogP contribution in [0.2, 0.25) is 0 Å². The van der Waals surface area contributed by atoms with Crippen LogP contribution in [0, 0.1) is 0 Å². The molecule has 0 fully saturated rings. The van der Waals surface area contributed by atoms with Crippen molar-refractivity contribution in [3.8, 4) is 0 Å². The summed E-state index contributed by atoms with van der Waals surface area (Å²) < 4.78 is 29.7. The molecule has 0 atom stereocenters. The van der Waals surface area contributed by atoms with Crippen molar-refractivity contribution in [2.24, 2.45) is 0 Å². The van der Waals surface area contributed by atoms with E-state index in [1.54, 1.807) is 7.11 Å². The Labute approximate surface area is 85.5 Å². The summed E-state index contributed by atoms with van der Waals surface area (Å²) in [7, 11) is -1.60. The summed E-state index contributed by atoms with van der Waals surface area (Å²) in [6.45, 7) is 0.957. The minimum absolute atomic E-state index is 0.0972. The number of hydrogen-bond donors (Lipinski definition) is 2. The molecule has 0 aliphatic heterocycles. The van der Waals surface area contributed by atoms with Crippen LogP contribution < -0.4 is 4.72 Å². The summed E-state index contributed by atoms with van der Waals surface area (Å²) in [6, 6.07) is 0. The van der Waals surface area contributed by atoms with Crippen molar-refractivity contribution in [2.75, 3.05) is 32.6 Å². The largest absolute Gasteiger partial charge is 0.396 e. The lowest BCUT2D eigenvalue weighted by atomic mass is 10.3. The zero-order valence-corrected chi connectivity index (χ0v) is 9.35. The molecule has 0 spiro atoms. The molecular weight excluding hydrogens is 206 g/mol. The van der Waals surface area contributed by atoms with Gasteiger partial charge in [0, 0.05) is 26.9 Å². The molecule has 14 heavy (non-hydrogen) atoms. The fraction of sp³-hybridized carbons (Fsp3) is 1.00. The molecule has 0 aromatic rings. The molecule has 0 aromatic heterocycles. The van der Waals surface area contributed by atoms with Crippen molar-refractivity contribution in [1.82, 2.24) is 4.72 Å². The zero-order chi connectivity index (χ0) is 10.9. The second kappa shape index (κ2) is 8.16. The van der Waals surface area contributed by atoms with Crippen LogP contribution in [0.4, 0.5) is 0 Å². The van der Waals surface area contributed by atoms with E-state index in [1.807, 2.05) is 0 Å². The summed E-state index contributed by atoms with van der Waals surface area (Å²) in [4.78, 5) is 0. The van der Waals surface area contributed by atoms with Crippen LogP contribution in [0.5, 0.6) is 0 Å². The topological polar surface area (TPSA) is 75.6 Å². The maximum atomic E-state index is 11.2. The van der Waals surface area contributed by atoms with Crippen LogP contribution in [0.3, 0.4) is 0 Å². The molecule has 2 N–H and O–H groups in total. The van der Waals surface area contributed by atoms with E-state index < -0.39 is 10.0 Å². The monoisotopic (exact) mass is 225 g/mol. The molecule has 0 saturated heterocycles. The molecule has 6 heteroatoms. The molecule has 86 valence electrons.